The molecule has 4 nitrogen and oxygen atoms in total. The summed E-state index contributed by atoms with van der Waals surface area (Å²) in [6, 6.07) is 0.0686. The Morgan fingerprint density at radius 1 is 1.44 bits per heavy atom. The maximum absolute atomic E-state index is 11.9. The molecule has 1 aliphatic rings. The van der Waals surface area contributed by atoms with E-state index in [4.69, 9.17) is 5.73 Å². The molecule has 0 radical (unpaired) electrons. The highest BCUT2D eigenvalue weighted by Gasteiger charge is 2.29. The Hall–Kier alpha value is -0.130. The summed E-state index contributed by atoms with van der Waals surface area (Å²) in [7, 11) is -3.12. The van der Waals surface area contributed by atoms with Gasteiger partial charge in [0.1, 0.15) is 0 Å². The Kier molecular flexibility index (Phi) is 5.21. The van der Waals surface area contributed by atoms with Crippen LogP contribution in [0.4, 0.5) is 0 Å². The maximum Gasteiger partial charge on any atom is 0.212 e. The second kappa shape index (κ2) is 5.98. The molecule has 0 aromatic rings. The van der Waals surface area contributed by atoms with Crippen LogP contribution in [0.3, 0.4) is 0 Å². The number of hydrogen-bond acceptors (Lipinski definition) is 3. The van der Waals surface area contributed by atoms with Gasteiger partial charge in [-0.3, -0.25) is 0 Å². The molecule has 0 aromatic carbocycles. The molecule has 3 atom stereocenters. The van der Waals surface area contributed by atoms with E-state index in [2.05, 4.69) is 4.72 Å². The van der Waals surface area contributed by atoms with E-state index < -0.39 is 10.0 Å². The Morgan fingerprint density at radius 2 is 2.12 bits per heavy atom. The average molecular weight is 248 g/mol. The summed E-state index contributed by atoms with van der Waals surface area (Å²) in [5.74, 6) is 0.777. The average Bonchev–Trinajstić information content (AvgIpc) is 2.63. The van der Waals surface area contributed by atoms with Gasteiger partial charge in [-0.2, -0.15) is 0 Å². The van der Waals surface area contributed by atoms with Crippen LogP contribution >= 0.6 is 0 Å². The van der Waals surface area contributed by atoms with Crippen molar-refractivity contribution in [3.8, 4) is 0 Å². The van der Waals surface area contributed by atoms with E-state index in [1.54, 1.807) is 0 Å². The van der Waals surface area contributed by atoms with E-state index in [9.17, 15) is 8.42 Å². The zero-order chi connectivity index (χ0) is 12.2. The minimum Gasteiger partial charge on any atom is -0.330 e. The Labute approximate surface area is 99.0 Å². The molecule has 0 amide bonds. The zero-order valence-corrected chi connectivity index (χ0v) is 11.1. The van der Waals surface area contributed by atoms with Gasteiger partial charge in [0, 0.05) is 6.04 Å². The van der Waals surface area contributed by atoms with Crippen molar-refractivity contribution >= 4 is 10.0 Å². The van der Waals surface area contributed by atoms with Crippen molar-refractivity contribution in [3.63, 3.8) is 0 Å². The maximum atomic E-state index is 11.9. The Bertz CT molecular complexity index is 303. The lowest BCUT2D eigenvalue weighted by Gasteiger charge is -2.20. The summed E-state index contributed by atoms with van der Waals surface area (Å²) in [6.07, 6.45) is 3.96. The summed E-state index contributed by atoms with van der Waals surface area (Å²) in [5.41, 5.74) is 5.64. The third kappa shape index (κ3) is 4.03. The largest absolute Gasteiger partial charge is 0.330 e. The van der Waals surface area contributed by atoms with Crippen LogP contribution in [0.5, 0.6) is 0 Å². The number of nitrogens with two attached hydrogens (primary N) is 1. The van der Waals surface area contributed by atoms with Crippen LogP contribution in [0.15, 0.2) is 0 Å². The number of nitrogens with one attached hydrogen (secondary N) is 1. The van der Waals surface area contributed by atoms with Gasteiger partial charge in [0.25, 0.3) is 0 Å². The molecule has 0 aliphatic heterocycles. The summed E-state index contributed by atoms with van der Waals surface area (Å²) in [5, 5.41) is 0. The van der Waals surface area contributed by atoms with E-state index in [0.717, 1.165) is 25.7 Å². The smallest absolute Gasteiger partial charge is 0.212 e. The SMILES string of the molecule is CCC(C)CS(=O)(=O)NC1CCCC1CN. The van der Waals surface area contributed by atoms with E-state index in [1.165, 1.54) is 0 Å². The number of hydrogen-bond donors (Lipinski definition) is 2. The second-order valence-corrected chi connectivity index (χ2v) is 6.74. The first-order valence-electron chi connectivity index (χ1n) is 6.18. The van der Waals surface area contributed by atoms with Crippen LogP contribution in [0.2, 0.25) is 0 Å². The number of rotatable bonds is 6. The topological polar surface area (TPSA) is 72.2 Å². The minimum absolute atomic E-state index is 0.0686. The molecule has 96 valence electrons. The first-order chi connectivity index (χ1) is 7.48. The molecule has 3 N–H and O–H groups in total. The lowest BCUT2D eigenvalue weighted by atomic mass is 10.1. The van der Waals surface area contributed by atoms with E-state index in [1.807, 2.05) is 13.8 Å². The van der Waals surface area contributed by atoms with Gasteiger partial charge in [0.15, 0.2) is 0 Å². The Morgan fingerprint density at radius 3 is 2.69 bits per heavy atom. The van der Waals surface area contributed by atoms with Crippen LogP contribution in [-0.2, 0) is 10.0 Å². The zero-order valence-electron chi connectivity index (χ0n) is 10.3. The molecule has 1 aliphatic carbocycles. The van der Waals surface area contributed by atoms with Gasteiger partial charge >= 0.3 is 0 Å². The van der Waals surface area contributed by atoms with Crippen molar-refractivity contribution in [2.75, 3.05) is 12.3 Å². The molecule has 16 heavy (non-hydrogen) atoms. The molecule has 0 spiro atoms. The molecular weight excluding hydrogens is 224 g/mol. The highest BCUT2D eigenvalue weighted by Crippen LogP contribution is 2.25. The highest BCUT2D eigenvalue weighted by molar-refractivity contribution is 7.89. The van der Waals surface area contributed by atoms with Gasteiger partial charge in [-0.25, -0.2) is 13.1 Å². The van der Waals surface area contributed by atoms with Gasteiger partial charge in [-0.05, 0) is 31.2 Å². The fourth-order valence-corrected chi connectivity index (χ4v) is 4.10. The summed E-state index contributed by atoms with van der Waals surface area (Å²) in [4.78, 5) is 0. The standard InChI is InChI=1S/C11H24N2O2S/c1-3-9(2)8-16(14,15)13-11-6-4-5-10(11)7-12/h9-11,13H,3-8,12H2,1-2H3. The monoisotopic (exact) mass is 248 g/mol. The molecule has 1 saturated carbocycles. The summed E-state index contributed by atoms with van der Waals surface area (Å²) in [6.45, 7) is 4.56. The molecule has 5 heteroatoms. The van der Waals surface area contributed by atoms with Crippen molar-refractivity contribution in [2.24, 2.45) is 17.6 Å². The van der Waals surface area contributed by atoms with Crippen LogP contribution in [0.25, 0.3) is 0 Å². The minimum atomic E-state index is -3.12. The van der Waals surface area contributed by atoms with E-state index in [-0.39, 0.29) is 17.7 Å². The first-order valence-corrected chi connectivity index (χ1v) is 7.83. The third-order valence-electron chi connectivity index (χ3n) is 3.49. The van der Waals surface area contributed by atoms with E-state index >= 15 is 0 Å². The predicted molar refractivity (Wildman–Crippen MR) is 66.6 cm³/mol. The van der Waals surface area contributed by atoms with Gasteiger partial charge in [0.05, 0.1) is 5.75 Å². The van der Waals surface area contributed by atoms with Gasteiger partial charge in [-0.15, -0.1) is 0 Å². The van der Waals surface area contributed by atoms with Crippen molar-refractivity contribution in [1.29, 1.82) is 0 Å². The molecule has 0 bridgehead atoms. The molecule has 3 unspecified atom stereocenters. The quantitative estimate of drug-likeness (QED) is 0.739. The van der Waals surface area contributed by atoms with Crippen molar-refractivity contribution in [3.05, 3.63) is 0 Å². The lowest BCUT2D eigenvalue weighted by molar-refractivity contribution is 0.449. The fraction of sp³-hybridized carbons (Fsp3) is 1.00. The van der Waals surface area contributed by atoms with Gasteiger partial charge < -0.3 is 5.73 Å². The van der Waals surface area contributed by atoms with Crippen LogP contribution < -0.4 is 10.5 Å². The highest BCUT2D eigenvalue weighted by atomic mass is 32.2. The van der Waals surface area contributed by atoms with Crippen molar-refractivity contribution in [1.82, 2.24) is 4.72 Å². The second-order valence-electron chi connectivity index (χ2n) is 4.95. The van der Waals surface area contributed by atoms with Crippen molar-refractivity contribution < 1.29 is 8.42 Å². The summed E-state index contributed by atoms with van der Waals surface area (Å²) < 4.78 is 26.5. The van der Waals surface area contributed by atoms with Crippen LogP contribution in [-0.4, -0.2) is 26.8 Å². The number of sulfonamides is 1. The lowest BCUT2D eigenvalue weighted by Crippen LogP contribution is -2.41. The molecule has 1 fully saturated rings. The third-order valence-corrected chi connectivity index (χ3v) is 5.16. The molecule has 0 heterocycles. The Balaban J connectivity index is 2.52. The van der Waals surface area contributed by atoms with Crippen LogP contribution in [0.1, 0.15) is 39.5 Å². The predicted octanol–water partition coefficient (Wildman–Crippen LogP) is 1.08. The summed E-state index contributed by atoms with van der Waals surface area (Å²) >= 11 is 0. The fourth-order valence-electron chi connectivity index (χ4n) is 2.25. The molecular formula is C11H24N2O2S. The van der Waals surface area contributed by atoms with Gasteiger partial charge in [0.2, 0.25) is 10.0 Å². The normalized spacial score (nSPS) is 28.2. The first kappa shape index (κ1) is 13.9. The molecule has 0 saturated heterocycles. The van der Waals surface area contributed by atoms with Gasteiger partial charge in [-0.1, -0.05) is 26.7 Å². The van der Waals surface area contributed by atoms with E-state index in [0.29, 0.717) is 12.5 Å². The van der Waals surface area contributed by atoms with Crippen molar-refractivity contribution in [2.45, 2.75) is 45.6 Å². The van der Waals surface area contributed by atoms with Crippen LogP contribution in [0, 0.1) is 11.8 Å². The molecule has 1 rings (SSSR count). The molecule has 0 aromatic heterocycles.